The molecular formula is C24H36FNO3. The first-order valence-corrected chi connectivity index (χ1v) is 10.5. The molecule has 1 aromatic rings. The van der Waals surface area contributed by atoms with Gasteiger partial charge >= 0.3 is 0 Å². The quantitative estimate of drug-likeness (QED) is 0.537. The molecule has 0 bridgehead atoms. The molecule has 0 aromatic heterocycles. The van der Waals surface area contributed by atoms with Crippen molar-refractivity contribution < 1.29 is 18.7 Å². The lowest BCUT2D eigenvalue weighted by atomic mass is 9.72. The predicted molar refractivity (Wildman–Crippen MR) is 116 cm³/mol. The van der Waals surface area contributed by atoms with Crippen LogP contribution in [0.15, 0.2) is 36.2 Å². The van der Waals surface area contributed by atoms with Crippen molar-refractivity contribution in [3.63, 3.8) is 0 Å². The van der Waals surface area contributed by atoms with Crippen LogP contribution in [0.2, 0.25) is 0 Å². The summed E-state index contributed by atoms with van der Waals surface area (Å²) >= 11 is 0. The predicted octanol–water partition coefficient (Wildman–Crippen LogP) is 5.83. The van der Waals surface area contributed by atoms with Gasteiger partial charge in [-0.05, 0) is 38.3 Å². The van der Waals surface area contributed by atoms with E-state index < -0.39 is 11.0 Å². The lowest BCUT2D eigenvalue weighted by Crippen LogP contribution is -2.46. The molecule has 1 aliphatic rings. The van der Waals surface area contributed by atoms with Crippen LogP contribution in [0, 0.1) is 5.41 Å². The Labute approximate surface area is 175 Å². The number of rotatable bonds is 7. The number of halogens is 1. The van der Waals surface area contributed by atoms with Gasteiger partial charge < -0.3 is 9.64 Å². The van der Waals surface area contributed by atoms with Crippen LogP contribution in [0.5, 0.6) is 0 Å². The van der Waals surface area contributed by atoms with Gasteiger partial charge in [0.1, 0.15) is 5.83 Å². The van der Waals surface area contributed by atoms with Crippen LogP contribution in [0.4, 0.5) is 4.39 Å². The van der Waals surface area contributed by atoms with E-state index in [9.17, 15) is 14.0 Å². The minimum absolute atomic E-state index is 0.210. The van der Waals surface area contributed by atoms with E-state index in [2.05, 4.69) is 13.8 Å². The smallest absolute Gasteiger partial charge is 0.254 e. The fraction of sp³-hybridized carbons (Fsp3) is 0.583. The summed E-state index contributed by atoms with van der Waals surface area (Å²) in [7, 11) is 1.64. The highest BCUT2D eigenvalue weighted by molar-refractivity contribution is 6.01. The normalized spacial score (nSPS) is 23.5. The summed E-state index contributed by atoms with van der Waals surface area (Å²) in [5.41, 5.74) is -0.587. The second-order valence-corrected chi connectivity index (χ2v) is 8.37. The minimum Gasteiger partial charge on any atom is -0.375 e. The molecule has 1 aliphatic carbocycles. The SMILES string of the molecule is CCC.CCCOC1(C)CC=C(F)C(C)(CN(C)C(=O)c2ccccc2C=O)C1. The highest BCUT2D eigenvalue weighted by atomic mass is 19.1. The van der Waals surface area contributed by atoms with Gasteiger partial charge in [-0.15, -0.1) is 0 Å². The molecule has 4 nitrogen and oxygen atoms in total. The maximum atomic E-state index is 14.7. The van der Waals surface area contributed by atoms with Gasteiger partial charge in [-0.1, -0.05) is 52.3 Å². The molecule has 1 aromatic carbocycles. The van der Waals surface area contributed by atoms with Gasteiger partial charge in [0.05, 0.1) is 11.2 Å². The zero-order valence-corrected chi connectivity index (χ0v) is 18.8. The van der Waals surface area contributed by atoms with Crippen molar-refractivity contribution in [2.75, 3.05) is 20.2 Å². The van der Waals surface area contributed by atoms with Gasteiger partial charge in [0.25, 0.3) is 5.91 Å². The molecule has 2 atom stereocenters. The van der Waals surface area contributed by atoms with E-state index in [0.29, 0.717) is 36.9 Å². The standard InChI is InChI=1S/C21H28FNO3.C3H8/c1-5-12-26-21(3)11-10-18(22)20(2,14-21)15-23(4)19(25)17-9-7-6-8-16(17)13-24;1-3-2/h6-10,13H,5,11-12,14-15H2,1-4H3;3H2,1-2H3. The second kappa shape index (κ2) is 11.2. The Bertz CT molecular complexity index is 718. The van der Waals surface area contributed by atoms with Gasteiger partial charge in [-0.2, -0.15) is 0 Å². The largest absolute Gasteiger partial charge is 0.375 e. The molecule has 0 fully saturated rings. The molecule has 5 heteroatoms. The number of amides is 1. The summed E-state index contributed by atoms with van der Waals surface area (Å²) in [6.07, 6.45) is 5.42. The first-order valence-electron chi connectivity index (χ1n) is 10.5. The maximum absolute atomic E-state index is 14.7. The highest BCUT2D eigenvalue weighted by Gasteiger charge is 2.43. The van der Waals surface area contributed by atoms with E-state index in [1.54, 1.807) is 37.4 Å². The van der Waals surface area contributed by atoms with Gasteiger partial charge in [-0.3, -0.25) is 9.59 Å². The van der Waals surface area contributed by atoms with Gasteiger partial charge in [0, 0.05) is 31.2 Å². The Kier molecular flexibility index (Phi) is 9.71. The summed E-state index contributed by atoms with van der Waals surface area (Å²) < 4.78 is 20.6. The summed E-state index contributed by atoms with van der Waals surface area (Å²) in [6, 6.07) is 6.65. The third kappa shape index (κ3) is 6.77. The monoisotopic (exact) mass is 405 g/mol. The van der Waals surface area contributed by atoms with E-state index in [1.807, 2.05) is 20.8 Å². The molecule has 2 unspecified atom stereocenters. The third-order valence-corrected chi connectivity index (χ3v) is 4.96. The van der Waals surface area contributed by atoms with Gasteiger partial charge in [0.2, 0.25) is 0 Å². The Hall–Kier alpha value is -2.01. The molecule has 2 rings (SSSR count). The van der Waals surface area contributed by atoms with E-state index in [-0.39, 0.29) is 18.3 Å². The average molecular weight is 406 g/mol. The number of carbonyl (C=O) groups is 2. The van der Waals surface area contributed by atoms with Crippen LogP contribution < -0.4 is 0 Å². The zero-order valence-electron chi connectivity index (χ0n) is 18.8. The number of ether oxygens (including phenoxy) is 1. The van der Waals surface area contributed by atoms with Crippen molar-refractivity contribution in [1.82, 2.24) is 4.90 Å². The number of benzene rings is 1. The molecule has 29 heavy (non-hydrogen) atoms. The minimum atomic E-state index is -0.818. The van der Waals surface area contributed by atoms with E-state index in [1.165, 1.54) is 11.3 Å². The van der Waals surface area contributed by atoms with Crippen LogP contribution in [-0.4, -0.2) is 42.9 Å². The van der Waals surface area contributed by atoms with Crippen LogP contribution in [0.3, 0.4) is 0 Å². The molecular weight excluding hydrogens is 369 g/mol. The van der Waals surface area contributed by atoms with E-state index in [4.69, 9.17) is 4.74 Å². The summed E-state index contributed by atoms with van der Waals surface area (Å²) in [6.45, 7) is 10.9. The van der Waals surface area contributed by atoms with Crippen LogP contribution >= 0.6 is 0 Å². The zero-order chi connectivity index (χ0) is 22.1. The summed E-state index contributed by atoms with van der Waals surface area (Å²) in [5, 5.41) is 0. The van der Waals surface area contributed by atoms with Crippen molar-refractivity contribution >= 4 is 12.2 Å². The first-order chi connectivity index (χ1) is 13.7. The molecule has 0 spiro atoms. The van der Waals surface area contributed by atoms with Crippen molar-refractivity contribution in [1.29, 1.82) is 0 Å². The Morgan fingerprint density at radius 1 is 1.24 bits per heavy atom. The number of nitrogens with zero attached hydrogens (tertiary/aromatic N) is 1. The molecule has 0 saturated carbocycles. The lowest BCUT2D eigenvalue weighted by molar-refractivity contribution is -0.0672. The number of hydrogen-bond donors (Lipinski definition) is 0. The molecule has 162 valence electrons. The first kappa shape index (κ1) is 25.0. The van der Waals surface area contributed by atoms with Crippen molar-refractivity contribution in [2.24, 2.45) is 5.41 Å². The molecule has 0 saturated heterocycles. The maximum Gasteiger partial charge on any atom is 0.254 e. The third-order valence-electron chi connectivity index (χ3n) is 4.96. The Balaban J connectivity index is 0.00000132. The number of aldehydes is 1. The fourth-order valence-corrected chi connectivity index (χ4v) is 3.72. The Morgan fingerprint density at radius 3 is 2.45 bits per heavy atom. The molecule has 0 heterocycles. The van der Waals surface area contributed by atoms with Crippen LogP contribution in [0.1, 0.15) is 81.0 Å². The topological polar surface area (TPSA) is 46.6 Å². The molecule has 0 aliphatic heterocycles. The lowest BCUT2D eigenvalue weighted by Gasteiger charge is -2.43. The molecule has 1 amide bonds. The fourth-order valence-electron chi connectivity index (χ4n) is 3.72. The molecule has 0 N–H and O–H groups in total. The van der Waals surface area contributed by atoms with Gasteiger partial charge in [0.15, 0.2) is 6.29 Å². The van der Waals surface area contributed by atoms with E-state index >= 15 is 0 Å². The summed E-state index contributed by atoms with van der Waals surface area (Å²) in [5.74, 6) is -0.498. The van der Waals surface area contributed by atoms with Gasteiger partial charge in [-0.25, -0.2) is 4.39 Å². The van der Waals surface area contributed by atoms with Crippen LogP contribution in [0.25, 0.3) is 0 Å². The van der Waals surface area contributed by atoms with Crippen molar-refractivity contribution in [2.45, 2.75) is 65.9 Å². The number of carbonyl (C=O) groups excluding carboxylic acids is 2. The van der Waals surface area contributed by atoms with Crippen molar-refractivity contribution in [3.05, 3.63) is 47.3 Å². The molecule has 0 radical (unpaired) electrons. The van der Waals surface area contributed by atoms with Crippen molar-refractivity contribution in [3.8, 4) is 0 Å². The van der Waals surface area contributed by atoms with E-state index in [0.717, 1.165) is 6.42 Å². The highest BCUT2D eigenvalue weighted by Crippen LogP contribution is 2.44. The number of hydrogen-bond acceptors (Lipinski definition) is 3. The Morgan fingerprint density at radius 2 is 1.86 bits per heavy atom. The summed E-state index contributed by atoms with van der Waals surface area (Å²) in [4.78, 5) is 25.5. The van der Waals surface area contributed by atoms with Crippen LogP contribution in [-0.2, 0) is 4.74 Å². The average Bonchev–Trinajstić information content (AvgIpc) is 2.69. The second-order valence-electron chi connectivity index (χ2n) is 8.37.